The summed E-state index contributed by atoms with van der Waals surface area (Å²) in [6.07, 6.45) is 2.33. The zero-order valence-electron chi connectivity index (χ0n) is 5.30. The molecule has 0 aromatic carbocycles. The highest BCUT2D eigenvalue weighted by Crippen LogP contribution is 1.97. The van der Waals surface area contributed by atoms with Crippen molar-refractivity contribution in [1.29, 1.82) is 0 Å². The zero-order chi connectivity index (χ0) is 6.41. The molecule has 1 unspecified atom stereocenters. The summed E-state index contributed by atoms with van der Waals surface area (Å²) in [6.45, 7) is 2.00. The fourth-order valence-electron chi connectivity index (χ4n) is 0.552. The first-order valence-electron chi connectivity index (χ1n) is 3.06. The number of hydrogen-bond donors (Lipinski definition) is 2. The van der Waals surface area contributed by atoms with Crippen LogP contribution >= 0.6 is 0 Å². The maximum absolute atomic E-state index is 8.70. The maximum atomic E-state index is 8.70. The number of hydrogen-bond acceptors (Lipinski definition) is 2. The van der Waals surface area contributed by atoms with Gasteiger partial charge in [-0.1, -0.05) is 0 Å². The predicted octanol–water partition coefficient (Wildman–Crippen LogP) is 0.530. The highest BCUT2D eigenvalue weighted by molar-refractivity contribution is 4.45. The predicted molar refractivity (Wildman–Crippen MR) is 32.6 cm³/mol. The van der Waals surface area contributed by atoms with E-state index in [9.17, 15) is 0 Å². The van der Waals surface area contributed by atoms with Crippen molar-refractivity contribution < 1.29 is 10.2 Å². The highest BCUT2D eigenvalue weighted by Gasteiger charge is 1.92. The molecule has 0 saturated heterocycles. The summed E-state index contributed by atoms with van der Waals surface area (Å²) in [7, 11) is 0. The Balaban J connectivity index is 2.72. The van der Waals surface area contributed by atoms with Gasteiger partial charge in [0.1, 0.15) is 0 Å². The van der Waals surface area contributed by atoms with Gasteiger partial charge >= 0.3 is 0 Å². The molecule has 1 atom stereocenters. The van der Waals surface area contributed by atoms with E-state index >= 15 is 0 Å². The number of aliphatic hydroxyl groups is 2. The Hall–Kier alpha value is -0.0800. The molecule has 50 valence electrons. The summed E-state index contributed by atoms with van der Waals surface area (Å²) in [6, 6.07) is 0. The first-order valence-corrected chi connectivity index (χ1v) is 3.06. The minimum Gasteiger partial charge on any atom is -0.396 e. The second kappa shape index (κ2) is 5.06. The third-order valence-corrected chi connectivity index (χ3v) is 1.03. The average Bonchev–Trinajstić information content (AvgIpc) is 1.66. The van der Waals surface area contributed by atoms with E-state index in [1.54, 1.807) is 6.92 Å². The smallest absolute Gasteiger partial charge is 0.0512 e. The van der Waals surface area contributed by atoms with E-state index in [0.717, 1.165) is 19.3 Å². The average molecular weight is 118 g/mol. The maximum Gasteiger partial charge on any atom is 0.0512 e. The fraction of sp³-hybridized carbons (Fsp3) is 1.00. The molecule has 0 saturated carbocycles. The second-order valence-electron chi connectivity index (χ2n) is 2.07. The molecule has 2 nitrogen and oxygen atoms in total. The molecule has 0 bridgehead atoms. The summed E-state index contributed by atoms with van der Waals surface area (Å²) in [4.78, 5) is 0. The second-order valence-corrected chi connectivity index (χ2v) is 2.07. The lowest BCUT2D eigenvalue weighted by Gasteiger charge is -1.99. The van der Waals surface area contributed by atoms with Crippen molar-refractivity contribution in [2.45, 2.75) is 32.3 Å². The van der Waals surface area contributed by atoms with E-state index < -0.39 is 0 Å². The minimum atomic E-state index is -0.207. The summed E-state index contributed by atoms with van der Waals surface area (Å²) >= 11 is 0. The number of unbranched alkanes of at least 4 members (excludes halogenated alkanes) is 1. The van der Waals surface area contributed by atoms with E-state index in [0.29, 0.717) is 0 Å². The van der Waals surface area contributed by atoms with Crippen LogP contribution in [0.3, 0.4) is 0 Å². The lowest BCUT2D eigenvalue weighted by atomic mass is 10.2. The highest BCUT2D eigenvalue weighted by atomic mass is 16.3. The van der Waals surface area contributed by atoms with Crippen LogP contribution in [0.2, 0.25) is 0 Å². The van der Waals surface area contributed by atoms with Gasteiger partial charge in [-0.25, -0.2) is 0 Å². The normalized spacial score (nSPS) is 13.9. The van der Waals surface area contributed by atoms with Crippen LogP contribution in [0.1, 0.15) is 26.2 Å². The molecular formula is C6H14O2. The topological polar surface area (TPSA) is 40.5 Å². The molecule has 0 amide bonds. The van der Waals surface area contributed by atoms with Gasteiger partial charge in [-0.2, -0.15) is 0 Å². The molecular weight excluding hydrogens is 104 g/mol. The van der Waals surface area contributed by atoms with Crippen molar-refractivity contribution in [2.75, 3.05) is 6.61 Å². The Kier molecular flexibility index (Phi) is 5.01. The third-order valence-electron chi connectivity index (χ3n) is 1.03. The van der Waals surface area contributed by atoms with Crippen LogP contribution in [0, 0.1) is 0 Å². The van der Waals surface area contributed by atoms with E-state index in [4.69, 9.17) is 10.2 Å². The number of aliphatic hydroxyl groups excluding tert-OH is 2. The zero-order valence-corrected chi connectivity index (χ0v) is 5.30. The van der Waals surface area contributed by atoms with Crippen molar-refractivity contribution in [2.24, 2.45) is 0 Å². The molecule has 2 heteroatoms. The van der Waals surface area contributed by atoms with Gasteiger partial charge < -0.3 is 10.2 Å². The van der Waals surface area contributed by atoms with Crippen LogP contribution in [0.15, 0.2) is 0 Å². The molecule has 8 heavy (non-hydrogen) atoms. The van der Waals surface area contributed by atoms with E-state index in [-0.39, 0.29) is 12.7 Å². The Morgan fingerprint density at radius 3 is 2.38 bits per heavy atom. The quantitative estimate of drug-likeness (QED) is 0.529. The Morgan fingerprint density at radius 2 is 2.00 bits per heavy atom. The van der Waals surface area contributed by atoms with Crippen LogP contribution in [-0.4, -0.2) is 22.9 Å². The van der Waals surface area contributed by atoms with Gasteiger partial charge in [-0.3, -0.25) is 0 Å². The van der Waals surface area contributed by atoms with E-state index in [2.05, 4.69) is 0 Å². The van der Waals surface area contributed by atoms with Gasteiger partial charge in [0.05, 0.1) is 6.10 Å². The lowest BCUT2D eigenvalue weighted by Crippen LogP contribution is -1.98. The number of rotatable bonds is 4. The van der Waals surface area contributed by atoms with Gasteiger partial charge in [-0.15, -0.1) is 0 Å². The van der Waals surface area contributed by atoms with Crippen LogP contribution in [-0.2, 0) is 0 Å². The fourth-order valence-corrected chi connectivity index (χ4v) is 0.552. The van der Waals surface area contributed by atoms with Crippen molar-refractivity contribution in [3.05, 3.63) is 0 Å². The molecule has 0 fully saturated rings. The minimum absolute atomic E-state index is 0.207. The molecule has 0 heterocycles. The van der Waals surface area contributed by atoms with Gasteiger partial charge in [0.15, 0.2) is 0 Å². The molecule has 0 aliphatic carbocycles. The largest absolute Gasteiger partial charge is 0.396 e. The summed E-state index contributed by atoms with van der Waals surface area (Å²) in [5.41, 5.74) is 0. The molecule has 0 spiro atoms. The lowest BCUT2D eigenvalue weighted by molar-refractivity contribution is 0.175. The van der Waals surface area contributed by atoms with Crippen LogP contribution in [0.25, 0.3) is 0 Å². The van der Waals surface area contributed by atoms with Gasteiger partial charge in [0.2, 0.25) is 0 Å². The third kappa shape index (κ3) is 5.92. The SMILES string of the molecule is CC(O)CCCCO. The first-order chi connectivity index (χ1) is 3.77. The van der Waals surface area contributed by atoms with Crippen molar-refractivity contribution in [1.82, 2.24) is 0 Å². The molecule has 0 radical (unpaired) electrons. The van der Waals surface area contributed by atoms with E-state index in [1.165, 1.54) is 0 Å². The Labute approximate surface area is 50.2 Å². The molecule has 0 rings (SSSR count). The Bertz CT molecular complexity index is 43.8. The van der Waals surface area contributed by atoms with Crippen molar-refractivity contribution in [3.8, 4) is 0 Å². The molecule has 0 aromatic rings. The standard InChI is InChI=1S/C6H14O2/c1-6(8)4-2-3-5-7/h6-8H,2-5H2,1H3. The summed E-state index contributed by atoms with van der Waals surface area (Å²) < 4.78 is 0. The molecule has 0 aliphatic heterocycles. The summed E-state index contributed by atoms with van der Waals surface area (Å²) in [5, 5.41) is 17.0. The van der Waals surface area contributed by atoms with Crippen LogP contribution < -0.4 is 0 Å². The van der Waals surface area contributed by atoms with Gasteiger partial charge in [-0.05, 0) is 26.2 Å². The van der Waals surface area contributed by atoms with Gasteiger partial charge in [0, 0.05) is 6.61 Å². The summed E-state index contributed by atoms with van der Waals surface area (Å²) in [5.74, 6) is 0. The Morgan fingerprint density at radius 1 is 1.38 bits per heavy atom. The molecule has 2 N–H and O–H groups in total. The van der Waals surface area contributed by atoms with Crippen molar-refractivity contribution >= 4 is 0 Å². The monoisotopic (exact) mass is 118 g/mol. The van der Waals surface area contributed by atoms with Crippen LogP contribution in [0.5, 0.6) is 0 Å². The van der Waals surface area contributed by atoms with E-state index in [1.807, 2.05) is 0 Å². The first kappa shape index (κ1) is 7.92. The van der Waals surface area contributed by atoms with Gasteiger partial charge in [0.25, 0.3) is 0 Å². The van der Waals surface area contributed by atoms with Crippen LogP contribution in [0.4, 0.5) is 0 Å². The molecule has 0 aliphatic rings. The molecule has 0 aromatic heterocycles. The van der Waals surface area contributed by atoms with Crippen molar-refractivity contribution in [3.63, 3.8) is 0 Å².